The molecule has 1 N–H and O–H groups in total. The van der Waals surface area contributed by atoms with Crippen LogP contribution in [0.4, 0.5) is 0 Å². The summed E-state index contributed by atoms with van der Waals surface area (Å²) >= 11 is 0. The summed E-state index contributed by atoms with van der Waals surface area (Å²) in [5.74, 6) is 0.232. The van der Waals surface area contributed by atoms with Crippen molar-refractivity contribution in [3.8, 4) is 0 Å². The molecule has 1 aliphatic rings. The first-order chi connectivity index (χ1) is 14.4. The number of ether oxygens (including phenoxy) is 1. The fraction of sp³-hybridized carbons (Fsp3) is 0.800. The van der Waals surface area contributed by atoms with E-state index < -0.39 is 17.9 Å². The average Bonchev–Trinajstić information content (AvgIpc) is 3.09. The van der Waals surface area contributed by atoms with Gasteiger partial charge in [0.1, 0.15) is 5.78 Å². The second kappa shape index (κ2) is 15.3. The monoisotopic (exact) mass is 422 g/mol. The maximum atomic E-state index is 12.3. The van der Waals surface area contributed by atoms with Gasteiger partial charge < -0.3 is 9.84 Å². The molecule has 0 saturated heterocycles. The van der Waals surface area contributed by atoms with Crippen LogP contribution in [0, 0.1) is 17.8 Å². The molecule has 0 spiro atoms. The van der Waals surface area contributed by atoms with Crippen LogP contribution in [-0.2, 0) is 19.1 Å². The number of hydrogen-bond donors (Lipinski definition) is 1. The van der Waals surface area contributed by atoms with E-state index in [9.17, 15) is 19.5 Å². The molecule has 30 heavy (non-hydrogen) atoms. The lowest BCUT2D eigenvalue weighted by atomic mass is 9.88. The van der Waals surface area contributed by atoms with Crippen LogP contribution in [0.2, 0.25) is 0 Å². The average molecular weight is 423 g/mol. The molecule has 5 heteroatoms. The fourth-order valence-corrected chi connectivity index (χ4v) is 4.30. The Morgan fingerprint density at radius 1 is 1.17 bits per heavy atom. The number of hydrogen-bond acceptors (Lipinski definition) is 5. The Hall–Kier alpha value is -1.49. The molecule has 0 aromatic heterocycles. The van der Waals surface area contributed by atoms with Crippen molar-refractivity contribution in [1.82, 2.24) is 0 Å². The molecule has 1 unspecified atom stereocenters. The van der Waals surface area contributed by atoms with E-state index >= 15 is 0 Å². The van der Waals surface area contributed by atoms with Gasteiger partial charge in [-0.15, -0.1) is 0 Å². The molecule has 1 fully saturated rings. The quantitative estimate of drug-likeness (QED) is 0.160. The van der Waals surface area contributed by atoms with Crippen LogP contribution < -0.4 is 0 Å². The standard InChI is InChI=1S/C25H42O5/c1-4-7-12-19(5-2)13-11-14-20-17-18-22(26)21(20)15-9-8-10-16-23(27)24(28)25(29)30-6-3/h11,14,19-21,24,28H,4-10,12-13,15-18H2,1-3H3/t19-,20+,21-,24?/m1/s1. The van der Waals surface area contributed by atoms with Crippen LogP contribution in [0.1, 0.15) is 97.8 Å². The first kappa shape index (κ1) is 26.5. The van der Waals surface area contributed by atoms with Crippen molar-refractivity contribution in [1.29, 1.82) is 0 Å². The van der Waals surface area contributed by atoms with E-state index in [1.807, 2.05) is 0 Å². The Labute approximate surface area is 182 Å². The van der Waals surface area contributed by atoms with Gasteiger partial charge in [0.05, 0.1) is 6.61 Å². The molecule has 1 aliphatic carbocycles. The van der Waals surface area contributed by atoms with E-state index in [1.165, 1.54) is 25.7 Å². The normalized spacial score (nSPS) is 21.1. The zero-order valence-electron chi connectivity index (χ0n) is 19.2. The largest absolute Gasteiger partial charge is 0.464 e. The lowest BCUT2D eigenvalue weighted by Gasteiger charge is -2.16. The molecule has 0 aromatic carbocycles. The molecule has 4 atom stereocenters. The first-order valence-corrected chi connectivity index (χ1v) is 12.0. The molecule has 0 radical (unpaired) electrons. The summed E-state index contributed by atoms with van der Waals surface area (Å²) in [6, 6.07) is 0. The fourth-order valence-electron chi connectivity index (χ4n) is 4.30. The number of rotatable bonds is 16. The molecule has 0 aliphatic heterocycles. The van der Waals surface area contributed by atoms with Gasteiger partial charge in [-0.3, -0.25) is 9.59 Å². The molecule has 0 heterocycles. The molecule has 5 nitrogen and oxygen atoms in total. The van der Waals surface area contributed by atoms with Gasteiger partial charge in [-0.05, 0) is 44.4 Å². The van der Waals surface area contributed by atoms with E-state index in [4.69, 9.17) is 0 Å². The van der Waals surface area contributed by atoms with Crippen molar-refractivity contribution in [3.05, 3.63) is 12.2 Å². The smallest absolute Gasteiger partial charge is 0.342 e. The number of carbonyl (C=O) groups is 3. The number of aliphatic hydroxyl groups is 1. The van der Waals surface area contributed by atoms with Gasteiger partial charge in [0.15, 0.2) is 5.78 Å². The highest BCUT2D eigenvalue weighted by Crippen LogP contribution is 2.34. The van der Waals surface area contributed by atoms with E-state index in [-0.39, 0.29) is 18.9 Å². The Kier molecular flexibility index (Phi) is 13.6. The Balaban J connectivity index is 2.33. The highest BCUT2D eigenvalue weighted by molar-refractivity contribution is 6.01. The summed E-state index contributed by atoms with van der Waals surface area (Å²) in [6.07, 6.45) is 14.0. The third kappa shape index (κ3) is 9.55. The molecule has 0 bridgehead atoms. The van der Waals surface area contributed by atoms with E-state index in [0.29, 0.717) is 24.5 Å². The van der Waals surface area contributed by atoms with Crippen LogP contribution in [0.5, 0.6) is 0 Å². The first-order valence-electron chi connectivity index (χ1n) is 12.0. The van der Waals surface area contributed by atoms with Gasteiger partial charge >= 0.3 is 5.97 Å². The maximum absolute atomic E-state index is 12.3. The van der Waals surface area contributed by atoms with E-state index in [0.717, 1.165) is 38.0 Å². The van der Waals surface area contributed by atoms with Gasteiger partial charge in [-0.25, -0.2) is 4.79 Å². The number of ketones is 2. The molecule has 1 rings (SSSR count). The molecule has 172 valence electrons. The third-order valence-corrected chi connectivity index (χ3v) is 6.30. The number of Topliss-reactive ketones (excluding diaryl/α,β-unsaturated/α-hetero) is 2. The van der Waals surface area contributed by atoms with Crippen molar-refractivity contribution in [2.24, 2.45) is 17.8 Å². The lowest BCUT2D eigenvalue weighted by Crippen LogP contribution is -2.31. The number of carbonyl (C=O) groups excluding carboxylic acids is 3. The van der Waals surface area contributed by atoms with Crippen LogP contribution in [-0.4, -0.2) is 35.4 Å². The van der Waals surface area contributed by atoms with Gasteiger partial charge in [0.2, 0.25) is 6.10 Å². The summed E-state index contributed by atoms with van der Waals surface area (Å²) in [7, 11) is 0. The minimum Gasteiger partial charge on any atom is -0.464 e. The molecular formula is C25H42O5. The highest BCUT2D eigenvalue weighted by Gasteiger charge is 2.32. The van der Waals surface area contributed by atoms with Crippen molar-refractivity contribution in [2.75, 3.05) is 6.61 Å². The van der Waals surface area contributed by atoms with Crippen molar-refractivity contribution in [3.63, 3.8) is 0 Å². The molecular weight excluding hydrogens is 380 g/mol. The van der Waals surface area contributed by atoms with Crippen molar-refractivity contribution < 1.29 is 24.2 Å². The van der Waals surface area contributed by atoms with E-state index in [1.54, 1.807) is 6.92 Å². The van der Waals surface area contributed by atoms with Crippen molar-refractivity contribution in [2.45, 2.75) is 104 Å². The summed E-state index contributed by atoms with van der Waals surface area (Å²) < 4.78 is 4.66. The minimum absolute atomic E-state index is 0.109. The summed E-state index contributed by atoms with van der Waals surface area (Å²) in [5, 5.41) is 9.63. The van der Waals surface area contributed by atoms with Crippen LogP contribution >= 0.6 is 0 Å². The number of esters is 1. The Morgan fingerprint density at radius 3 is 2.60 bits per heavy atom. The van der Waals surface area contributed by atoms with E-state index in [2.05, 4.69) is 30.7 Å². The van der Waals surface area contributed by atoms with Crippen LogP contribution in [0.25, 0.3) is 0 Å². The Morgan fingerprint density at radius 2 is 1.93 bits per heavy atom. The highest BCUT2D eigenvalue weighted by atomic mass is 16.5. The Bertz CT molecular complexity index is 554. The van der Waals surface area contributed by atoms with Gasteiger partial charge in [-0.2, -0.15) is 0 Å². The predicted molar refractivity (Wildman–Crippen MR) is 119 cm³/mol. The minimum atomic E-state index is -1.67. The molecule has 0 aromatic rings. The number of allylic oxidation sites excluding steroid dienone is 2. The SMILES string of the molecule is CCCC[C@@H](CC)CC=C[C@H]1CCC(=O)[C@@H]1CCCCCC(=O)C(O)C(=O)OCC. The number of unbranched alkanes of at least 4 members (excludes halogenated alkanes) is 3. The van der Waals surface area contributed by atoms with Crippen molar-refractivity contribution >= 4 is 17.5 Å². The van der Waals surface area contributed by atoms with Gasteiger partial charge in [0, 0.05) is 18.8 Å². The molecule has 0 amide bonds. The predicted octanol–water partition coefficient (Wildman–Crippen LogP) is 5.19. The third-order valence-electron chi connectivity index (χ3n) is 6.30. The topological polar surface area (TPSA) is 80.7 Å². The lowest BCUT2D eigenvalue weighted by molar-refractivity contribution is -0.157. The van der Waals surface area contributed by atoms with Crippen LogP contribution in [0.3, 0.4) is 0 Å². The summed E-state index contributed by atoms with van der Waals surface area (Å²) in [5.41, 5.74) is 0. The summed E-state index contributed by atoms with van der Waals surface area (Å²) in [4.78, 5) is 35.5. The van der Waals surface area contributed by atoms with Crippen LogP contribution in [0.15, 0.2) is 12.2 Å². The zero-order valence-corrected chi connectivity index (χ0v) is 19.2. The van der Waals surface area contributed by atoms with Gasteiger partial charge in [0.25, 0.3) is 0 Å². The number of aliphatic hydroxyl groups excluding tert-OH is 1. The second-order valence-corrected chi connectivity index (χ2v) is 8.58. The summed E-state index contributed by atoms with van der Waals surface area (Å²) in [6.45, 7) is 6.27. The second-order valence-electron chi connectivity index (χ2n) is 8.58. The zero-order chi connectivity index (χ0) is 22.4. The molecule has 1 saturated carbocycles. The van der Waals surface area contributed by atoms with Gasteiger partial charge in [-0.1, -0.05) is 64.5 Å². The maximum Gasteiger partial charge on any atom is 0.342 e.